The molecule has 0 atom stereocenters. The number of nitrogen functional groups attached to an aromatic ring is 1. The number of ether oxygens (including phenoxy) is 2. The molecule has 0 radical (unpaired) electrons. The lowest BCUT2D eigenvalue weighted by Gasteiger charge is -2.04. The van der Waals surface area contributed by atoms with Crippen molar-refractivity contribution in [3.05, 3.63) is 53.7 Å². The van der Waals surface area contributed by atoms with Crippen LogP contribution in [-0.2, 0) is 6.54 Å². The number of anilines is 1. The van der Waals surface area contributed by atoms with E-state index in [0.29, 0.717) is 5.69 Å². The highest BCUT2D eigenvalue weighted by Crippen LogP contribution is 2.31. The molecule has 3 rings (SSSR count). The summed E-state index contributed by atoms with van der Waals surface area (Å²) >= 11 is 0. The van der Waals surface area contributed by atoms with Crippen molar-refractivity contribution in [3.63, 3.8) is 0 Å². The van der Waals surface area contributed by atoms with Crippen LogP contribution in [0.25, 0.3) is 10.9 Å². The number of benzene rings is 2. The first-order chi connectivity index (χ1) is 11.7. The Morgan fingerprint density at radius 1 is 0.958 bits per heavy atom. The number of nitrogens with two attached hydrogens (primary N) is 1. The second-order valence-electron chi connectivity index (χ2n) is 5.37. The van der Waals surface area contributed by atoms with Crippen molar-refractivity contribution < 1.29 is 9.47 Å². The molecule has 3 aromatic rings. The van der Waals surface area contributed by atoms with Crippen LogP contribution in [0.1, 0.15) is 18.2 Å². The van der Waals surface area contributed by atoms with Crippen molar-refractivity contribution in [1.82, 2.24) is 4.57 Å². The van der Waals surface area contributed by atoms with Gasteiger partial charge in [0.15, 0.2) is 0 Å². The average Bonchev–Trinajstić information content (AvgIpc) is 2.91. The molecule has 0 unspecified atom stereocenters. The van der Waals surface area contributed by atoms with Crippen molar-refractivity contribution in [2.75, 3.05) is 20.0 Å². The zero-order valence-electron chi connectivity index (χ0n) is 14.1. The molecule has 0 spiro atoms. The van der Waals surface area contributed by atoms with Crippen LogP contribution >= 0.6 is 0 Å². The van der Waals surface area contributed by atoms with Crippen molar-refractivity contribution in [2.45, 2.75) is 13.5 Å². The lowest BCUT2D eigenvalue weighted by Crippen LogP contribution is -1.99. The third-order valence-electron chi connectivity index (χ3n) is 4.04. The fourth-order valence-electron chi connectivity index (χ4n) is 2.75. The summed E-state index contributed by atoms with van der Waals surface area (Å²) in [5.74, 6) is 8.02. The van der Waals surface area contributed by atoms with Crippen LogP contribution in [-0.4, -0.2) is 18.8 Å². The summed E-state index contributed by atoms with van der Waals surface area (Å²) < 4.78 is 12.6. The number of hydrogen-bond donors (Lipinski definition) is 1. The van der Waals surface area contributed by atoms with Crippen LogP contribution in [0, 0.1) is 11.8 Å². The Labute approximate surface area is 141 Å². The predicted octanol–water partition coefficient (Wildman–Crippen LogP) is 3.66. The smallest absolute Gasteiger partial charge is 0.120 e. The van der Waals surface area contributed by atoms with E-state index in [1.807, 2.05) is 42.5 Å². The Hall–Kier alpha value is -3.06. The minimum atomic E-state index is 0.704. The standard InChI is InChI=1S/C20H20N2O2/c1-4-22-18(12-7-14-5-8-15(23-2)9-6-14)20(21)17-11-10-16(24-3)13-19(17)22/h5-6,8-11,13H,4,21H2,1-3H3. The Morgan fingerprint density at radius 2 is 1.62 bits per heavy atom. The summed E-state index contributed by atoms with van der Waals surface area (Å²) in [6, 6.07) is 13.6. The molecule has 0 fully saturated rings. The van der Waals surface area contributed by atoms with Gasteiger partial charge in [-0.25, -0.2) is 0 Å². The molecule has 0 saturated heterocycles. The second-order valence-corrected chi connectivity index (χ2v) is 5.37. The minimum Gasteiger partial charge on any atom is -0.497 e. The van der Waals surface area contributed by atoms with E-state index in [4.69, 9.17) is 15.2 Å². The van der Waals surface area contributed by atoms with Crippen LogP contribution in [0.4, 0.5) is 5.69 Å². The van der Waals surface area contributed by atoms with E-state index in [9.17, 15) is 0 Å². The molecule has 1 heterocycles. The van der Waals surface area contributed by atoms with E-state index in [2.05, 4.69) is 23.3 Å². The van der Waals surface area contributed by atoms with Crippen molar-refractivity contribution in [2.24, 2.45) is 0 Å². The van der Waals surface area contributed by atoms with Crippen LogP contribution in [0.3, 0.4) is 0 Å². The predicted molar refractivity (Wildman–Crippen MR) is 97.6 cm³/mol. The molecule has 2 aromatic carbocycles. The van der Waals surface area contributed by atoms with Crippen molar-refractivity contribution in [1.29, 1.82) is 0 Å². The molecule has 2 N–H and O–H groups in total. The number of nitrogens with zero attached hydrogens (tertiary/aromatic N) is 1. The first-order valence-electron chi connectivity index (χ1n) is 7.79. The fraction of sp³-hybridized carbons (Fsp3) is 0.200. The maximum atomic E-state index is 6.33. The summed E-state index contributed by atoms with van der Waals surface area (Å²) in [5.41, 5.74) is 9.82. The molecule has 122 valence electrons. The molecule has 0 aliphatic carbocycles. The molecule has 0 amide bonds. The molecule has 0 aliphatic rings. The third-order valence-corrected chi connectivity index (χ3v) is 4.04. The molecule has 1 aromatic heterocycles. The number of aryl methyl sites for hydroxylation is 1. The van der Waals surface area contributed by atoms with E-state index < -0.39 is 0 Å². The number of hydrogen-bond acceptors (Lipinski definition) is 3. The Morgan fingerprint density at radius 3 is 2.25 bits per heavy atom. The van der Waals surface area contributed by atoms with Gasteiger partial charge < -0.3 is 19.8 Å². The molecule has 4 nitrogen and oxygen atoms in total. The summed E-state index contributed by atoms with van der Waals surface area (Å²) in [7, 11) is 3.31. The highest BCUT2D eigenvalue weighted by molar-refractivity contribution is 5.96. The largest absolute Gasteiger partial charge is 0.497 e. The van der Waals surface area contributed by atoms with Gasteiger partial charge in [0.25, 0.3) is 0 Å². The first-order valence-corrected chi connectivity index (χ1v) is 7.79. The van der Waals surface area contributed by atoms with Gasteiger partial charge >= 0.3 is 0 Å². The lowest BCUT2D eigenvalue weighted by molar-refractivity contribution is 0.415. The molecule has 0 aliphatic heterocycles. The molecular formula is C20H20N2O2. The van der Waals surface area contributed by atoms with Gasteiger partial charge in [0.05, 0.1) is 25.4 Å². The monoisotopic (exact) mass is 320 g/mol. The van der Waals surface area contributed by atoms with Gasteiger partial charge in [-0.15, -0.1) is 0 Å². The number of aromatic nitrogens is 1. The van der Waals surface area contributed by atoms with E-state index in [0.717, 1.165) is 40.2 Å². The zero-order chi connectivity index (χ0) is 17.1. The zero-order valence-corrected chi connectivity index (χ0v) is 14.1. The Balaban J connectivity index is 2.09. The highest BCUT2D eigenvalue weighted by Gasteiger charge is 2.13. The topological polar surface area (TPSA) is 49.4 Å². The van der Waals surface area contributed by atoms with Crippen LogP contribution in [0.2, 0.25) is 0 Å². The summed E-state index contributed by atoms with van der Waals surface area (Å²) in [6.07, 6.45) is 0. The van der Waals surface area contributed by atoms with Gasteiger partial charge in [0.2, 0.25) is 0 Å². The normalized spacial score (nSPS) is 10.3. The SMILES string of the molecule is CCn1c(C#Cc2ccc(OC)cc2)c(N)c2ccc(OC)cc21. The molecule has 4 heteroatoms. The van der Waals surface area contributed by atoms with Gasteiger partial charge in [-0.05, 0) is 49.2 Å². The van der Waals surface area contributed by atoms with Crippen LogP contribution in [0.5, 0.6) is 11.5 Å². The maximum absolute atomic E-state index is 6.33. The van der Waals surface area contributed by atoms with E-state index in [1.54, 1.807) is 14.2 Å². The first kappa shape index (κ1) is 15.8. The summed E-state index contributed by atoms with van der Waals surface area (Å²) in [6.45, 7) is 2.87. The highest BCUT2D eigenvalue weighted by atomic mass is 16.5. The van der Waals surface area contributed by atoms with E-state index in [1.165, 1.54) is 0 Å². The van der Waals surface area contributed by atoms with E-state index in [-0.39, 0.29) is 0 Å². The molecule has 0 saturated carbocycles. The average molecular weight is 320 g/mol. The third kappa shape index (κ3) is 2.77. The maximum Gasteiger partial charge on any atom is 0.120 e. The minimum absolute atomic E-state index is 0.704. The van der Waals surface area contributed by atoms with Gasteiger partial charge in [-0.3, -0.25) is 0 Å². The summed E-state index contributed by atoms with van der Waals surface area (Å²) in [4.78, 5) is 0. The lowest BCUT2D eigenvalue weighted by atomic mass is 10.2. The van der Waals surface area contributed by atoms with E-state index >= 15 is 0 Å². The quantitative estimate of drug-likeness (QED) is 0.749. The fourth-order valence-corrected chi connectivity index (χ4v) is 2.75. The van der Waals surface area contributed by atoms with Gasteiger partial charge in [-0.2, -0.15) is 0 Å². The molecule has 0 bridgehead atoms. The Kier molecular flexibility index (Phi) is 4.35. The summed E-state index contributed by atoms with van der Waals surface area (Å²) in [5, 5.41) is 0.997. The van der Waals surface area contributed by atoms with Crippen LogP contribution < -0.4 is 15.2 Å². The molecule has 24 heavy (non-hydrogen) atoms. The number of methoxy groups -OCH3 is 2. The molecular weight excluding hydrogens is 300 g/mol. The van der Waals surface area contributed by atoms with Gasteiger partial charge in [0.1, 0.15) is 17.2 Å². The van der Waals surface area contributed by atoms with Gasteiger partial charge in [0, 0.05) is 23.6 Å². The Bertz CT molecular complexity index is 928. The second kappa shape index (κ2) is 6.59. The van der Waals surface area contributed by atoms with Crippen molar-refractivity contribution >= 4 is 16.6 Å². The van der Waals surface area contributed by atoms with Crippen LogP contribution in [0.15, 0.2) is 42.5 Å². The number of fused-ring (bicyclic) bond motifs is 1. The number of rotatable bonds is 3. The van der Waals surface area contributed by atoms with Crippen molar-refractivity contribution in [3.8, 4) is 23.3 Å². The van der Waals surface area contributed by atoms with Gasteiger partial charge in [-0.1, -0.05) is 5.92 Å².